The van der Waals surface area contributed by atoms with E-state index < -0.39 is 17.6 Å². The maximum atomic E-state index is 13.3. The van der Waals surface area contributed by atoms with Gasteiger partial charge in [-0.1, -0.05) is 0 Å². The zero-order chi connectivity index (χ0) is 20.7. The largest absolute Gasteiger partial charge is 0.457 e. The second-order valence-corrected chi connectivity index (χ2v) is 5.55. The van der Waals surface area contributed by atoms with Crippen LogP contribution in [-0.4, -0.2) is 23.1 Å². The Labute approximate surface area is 158 Å². The van der Waals surface area contributed by atoms with Crippen molar-refractivity contribution in [2.75, 3.05) is 23.8 Å². The van der Waals surface area contributed by atoms with Crippen LogP contribution in [0.15, 0.2) is 41.4 Å². The molecule has 0 aliphatic rings. The Balaban J connectivity index is 2.05. The van der Waals surface area contributed by atoms with Gasteiger partial charge in [0.25, 0.3) is 0 Å². The van der Waals surface area contributed by atoms with Crippen molar-refractivity contribution in [1.82, 2.24) is 9.97 Å². The van der Waals surface area contributed by atoms with Crippen LogP contribution >= 0.6 is 0 Å². The molecule has 11 heteroatoms. The maximum Gasteiger partial charge on any atom is 0.419 e. The van der Waals surface area contributed by atoms with E-state index in [0.29, 0.717) is 24.4 Å². The number of ether oxygens (including phenoxy) is 1. The molecule has 2 aromatic rings. The molecule has 0 saturated heterocycles. The van der Waals surface area contributed by atoms with Crippen LogP contribution in [0, 0.1) is 18.3 Å². The number of benzene rings is 1. The number of rotatable bonds is 8. The Morgan fingerprint density at radius 2 is 2.11 bits per heavy atom. The summed E-state index contributed by atoms with van der Waals surface area (Å²) in [4.78, 5) is 8.17. The highest BCUT2D eigenvalue weighted by atomic mass is 19.4. The SMILES string of the molecule is CCNc1cnc(OC/C(=C/Nc2ccc(F)c(C(F)(F)F)c2)N=N)nc1C. The molecule has 0 fully saturated rings. The lowest BCUT2D eigenvalue weighted by Crippen LogP contribution is -2.09. The number of aryl methyl sites for hydroxylation is 1. The highest BCUT2D eigenvalue weighted by Crippen LogP contribution is 2.33. The molecule has 0 atom stereocenters. The smallest absolute Gasteiger partial charge is 0.419 e. The first-order valence-electron chi connectivity index (χ1n) is 8.14. The van der Waals surface area contributed by atoms with Crippen LogP contribution in [0.2, 0.25) is 0 Å². The van der Waals surface area contributed by atoms with Crippen LogP contribution < -0.4 is 15.4 Å². The van der Waals surface area contributed by atoms with Gasteiger partial charge in [-0.25, -0.2) is 14.9 Å². The second kappa shape index (κ2) is 9.11. The van der Waals surface area contributed by atoms with E-state index in [0.717, 1.165) is 11.8 Å². The molecule has 0 unspecified atom stereocenters. The molecule has 0 aliphatic heterocycles. The number of nitrogens with zero attached hydrogens (tertiary/aromatic N) is 3. The third kappa shape index (κ3) is 5.63. The minimum absolute atomic E-state index is 0.0167. The quantitative estimate of drug-likeness (QED) is 0.441. The normalized spacial score (nSPS) is 11.9. The Morgan fingerprint density at radius 3 is 2.71 bits per heavy atom. The molecule has 0 spiro atoms. The lowest BCUT2D eigenvalue weighted by molar-refractivity contribution is -0.139. The Kier molecular flexibility index (Phi) is 6.85. The van der Waals surface area contributed by atoms with E-state index >= 15 is 0 Å². The number of halogens is 4. The summed E-state index contributed by atoms with van der Waals surface area (Å²) in [6.07, 6.45) is -2.08. The van der Waals surface area contributed by atoms with Crippen LogP contribution in [0.4, 0.5) is 28.9 Å². The van der Waals surface area contributed by atoms with Gasteiger partial charge in [0.15, 0.2) is 0 Å². The van der Waals surface area contributed by atoms with Gasteiger partial charge >= 0.3 is 12.2 Å². The fraction of sp³-hybridized carbons (Fsp3) is 0.294. The highest BCUT2D eigenvalue weighted by Gasteiger charge is 2.34. The number of aromatic nitrogens is 2. The van der Waals surface area contributed by atoms with Crippen LogP contribution in [0.1, 0.15) is 18.2 Å². The number of alkyl halides is 3. The predicted octanol–water partition coefficient (Wildman–Crippen LogP) is 4.74. The van der Waals surface area contributed by atoms with Gasteiger partial charge in [0.2, 0.25) is 0 Å². The number of anilines is 2. The van der Waals surface area contributed by atoms with Crippen LogP contribution in [0.3, 0.4) is 0 Å². The maximum absolute atomic E-state index is 13.3. The molecular formula is C17H18F4N6O. The van der Waals surface area contributed by atoms with Gasteiger partial charge in [-0.2, -0.15) is 23.3 Å². The molecule has 1 aromatic heterocycles. The highest BCUT2D eigenvalue weighted by molar-refractivity contribution is 5.49. The van der Waals surface area contributed by atoms with Crippen molar-refractivity contribution in [2.24, 2.45) is 5.11 Å². The van der Waals surface area contributed by atoms with Gasteiger partial charge in [-0.3, -0.25) is 0 Å². The van der Waals surface area contributed by atoms with Crippen molar-refractivity contribution in [2.45, 2.75) is 20.0 Å². The first-order valence-corrected chi connectivity index (χ1v) is 8.14. The van der Waals surface area contributed by atoms with Crippen LogP contribution in [-0.2, 0) is 6.18 Å². The van der Waals surface area contributed by atoms with Gasteiger partial charge in [0, 0.05) is 18.4 Å². The minimum Gasteiger partial charge on any atom is -0.457 e. The van der Waals surface area contributed by atoms with Crippen molar-refractivity contribution in [3.05, 3.63) is 53.4 Å². The standard InChI is InChI=1S/C17H18F4N6O/c1-3-23-15-8-25-16(26-10(15)2)28-9-12(27-22)7-24-11-4-5-14(18)13(6-11)17(19,20)21/h4-8,22-24H,3,9H2,1-2H3/b12-7-,27-22?. The van der Waals surface area contributed by atoms with Gasteiger partial charge in [-0.05, 0) is 32.0 Å². The average Bonchev–Trinajstić information content (AvgIpc) is 2.64. The van der Waals surface area contributed by atoms with Crippen LogP contribution in [0.25, 0.3) is 0 Å². The van der Waals surface area contributed by atoms with E-state index in [1.54, 1.807) is 13.1 Å². The fourth-order valence-electron chi connectivity index (χ4n) is 2.12. The topological polar surface area (TPSA) is 95.3 Å². The third-order valence-electron chi connectivity index (χ3n) is 3.49. The number of nitrogens with one attached hydrogen (secondary N) is 3. The monoisotopic (exact) mass is 398 g/mol. The summed E-state index contributed by atoms with van der Waals surface area (Å²) in [5.41, 5.74) is 7.23. The predicted molar refractivity (Wildman–Crippen MR) is 94.7 cm³/mol. The molecule has 2 rings (SSSR count). The minimum atomic E-state index is -4.81. The Hall–Kier alpha value is -3.24. The van der Waals surface area contributed by atoms with Crippen molar-refractivity contribution in [3.8, 4) is 6.01 Å². The molecule has 0 amide bonds. The van der Waals surface area contributed by atoms with Crippen molar-refractivity contribution in [3.63, 3.8) is 0 Å². The summed E-state index contributed by atoms with van der Waals surface area (Å²) in [6, 6.07) is 2.53. The summed E-state index contributed by atoms with van der Waals surface area (Å²) in [7, 11) is 0. The molecule has 3 N–H and O–H groups in total. The lowest BCUT2D eigenvalue weighted by atomic mass is 10.2. The first kappa shape index (κ1) is 21.1. The second-order valence-electron chi connectivity index (χ2n) is 5.55. The lowest BCUT2D eigenvalue weighted by Gasteiger charge is -2.11. The van der Waals surface area contributed by atoms with Gasteiger partial charge in [0.05, 0.1) is 23.1 Å². The zero-order valence-corrected chi connectivity index (χ0v) is 15.1. The zero-order valence-electron chi connectivity index (χ0n) is 15.1. The van der Waals surface area contributed by atoms with Gasteiger partial charge in [-0.15, -0.1) is 0 Å². The van der Waals surface area contributed by atoms with Gasteiger partial charge < -0.3 is 15.4 Å². The fourth-order valence-corrected chi connectivity index (χ4v) is 2.12. The molecule has 0 saturated carbocycles. The van der Waals surface area contributed by atoms with E-state index in [-0.39, 0.29) is 24.0 Å². The van der Waals surface area contributed by atoms with Crippen LogP contribution in [0.5, 0.6) is 6.01 Å². The summed E-state index contributed by atoms with van der Waals surface area (Å²) < 4.78 is 56.9. The Morgan fingerprint density at radius 1 is 1.36 bits per heavy atom. The summed E-state index contributed by atoms with van der Waals surface area (Å²) in [6.45, 7) is 4.22. The molecular weight excluding hydrogens is 380 g/mol. The van der Waals surface area contributed by atoms with E-state index in [2.05, 4.69) is 25.7 Å². The average molecular weight is 398 g/mol. The summed E-state index contributed by atoms with van der Waals surface area (Å²) in [5.74, 6) is -1.37. The van der Waals surface area contributed by atoms with E-state index in [1.807, 2.05) is 6.92 Å². The molecule has 7 nitrogen and oxygen atoms in total. The summed E-state index contributed by atoms with van der Waals surface area (Å²) in [5, 5.41) is 8.85. The van der Waals surface area contributed by atoms with Crippen molar-refractivity contribution in [1.29, 1.82) is 5.53 Å². The molecule has 1 aromatic carbocycles. The number of hydrogen-bond donors (Lipinski definition) is 3. The van der Waals surface area contributed by atoms with Gasteiger partial charge in [0.1, 0.15) is 18.1 Å². The first-order chi connectivity index (χ1) is 13.2. The van der Waals surface area contributed by atoms with E-state index in [9.17, 15) is 17.6 Å². The van der Waals surface area contributed by atoms with Crippen molar-refractivity contribution < 1.29 is 22.3 Å². The molecule has 0 aliphatic carbocycles. The Bertz CT molecular complexity index is 869. The molecule has 150 valence electrons. The molecule has 1 heterocycles. The third-order valence-corrected chi connectivity index (χ3v) is 3.49. The summed E-state index contributed by atoms with van der Waals surface area (Å²) >= 11 is 0. The number of hydrogen-bond acceptors (Lipinski definition) is 7. The molecule has 28 heavy (non-hydrogen) atoms. The molecule has 0 bridgehead atoms. The van der Waals surface area contributed by atoms with E-state index in [1.165, 1.54) is 6.20 Å². The van der Waals surface area contributed by atoms with E-state index in [4.69, 9.17) is 10.3 Å². The molecule has 0 radical (unpaired) electrons. The van der Waals surface area contributed by atoms with Crippen molar-refractivity contribution >= 4 is 11.4 Å².